The predicted molar refractivity (Wildman–Crippen MR) is 47.9 cm³/mol. The molecule has 0 aliphatic rings. The Kier molecular flexibility index (Phi) is 3.39. The van der Waals surface area contributed by atoms with Crippen molar-refractivity contribution in [1.29, 1.82) is 5.26 Å². The Morgan fingerprint density at radius 2 is 2.33 bits per heavy atom. The zero-order valence-corrected chi connectivity index (χ0v) is 7.88. The Bertz CT molecular complexity index is 448. The topological polar surface area (TPSA) is 65.9 Å². The normalized spacial score (nSPS) is 10.1. The number of aromatic amines is 1. The van der Waals surface area contributed by atoms with Crippen LogP contribution >= 0.6 is 0 Å². The molecular weight excluding hydrogens is 206 g/mol. The van der Waals surface area contributed by atoms with Crippen LogP contribution in [0.2, 0.25) is 0 Å². The van der Waals surface area contributed by atoms with E-state index < -0.39 is 17.5 Å². The first-order valence-corrected chi connectivity index (χ1v) is 4.05. The minimum absolute atomic E-state index is 0.00796. The first-order valence-electron chi connectivity index (χ1n) is 4.05. The van der Waals surface area contributed by atoms with E-state index in [0.717, 1.165) is 6.07 Å². The standard InChI is InChI=1S/C9H8F2N2O2/c1-15-9-6(7(10)11)4-5(2-3-12)8(14)13-9/h4,7H,2H2,1H3,(H,13,14). The maximum Gasteiger partial charge on any atom is 0.268 e. The van der Waals surface area contributed by atoms with E-state index in [4.69, 9.17) is 5.26 Å². The fraction of sp³-hybridized carbons (Fsp3) is 0.333. The van der Waals surface area contributed by atoms with Crippen molar-refractivity contribution in [2.24, 2.45) is 0 Å². The van der Waals surface area contributed by atoms with Gasteiger partial charge in [0, 0.05) is 5.56 Å². The molecule has 0 fully saturated rings. The molecule has 0 aliphatic heterocycles. The molecule has 0 spiro atoms. The maximum absolute atomic E-state index is 12.5. The van der Waals surface area contributed by atoms with Crippen molar-refractivity contribution in [3.8, 4) is 11.9 Å². The van der Waals surface area contributed by atoms with Crippen LogP contribution in [0.1, 0.15) is 17.6 Å². The molecule has 1 aromatic heterocycles. The number of nitriles is 1. The van der Waals surface area contributed by atoms with Gasteiger partial charge in [0.05, 0.1) is 25.2 Å². The van der Waals surface area contributed by atoms with Gasteiger partial charge >= 0.3 is 0 Å². The second kappa shape index (κ2) is 4.55. The van der Waals surface area contributed by atoms with E-state index in [1.165, 1.54) is 7.11 Å². The highest BCUT2D eigenvalue weighted by Crippen LogP contribution is 2.26. The Hall–Kier alpha value is -1.90. The summed E-state index contributed by atoms with van der Waals surface area (Å²) in [6.07, 6.45) is -2.96. The van der Waals surface area contributed by atoms with Gasteiger partial charge in [0.1, 0.15) is 0 Å². The summed E-state index contributed by atoms with van der Waals surface area (Å²) in [7, 11) is 1.18. The second-order valence-electron chi connectivity index (χ2n) is 2.75. The van der Waals surface area contributed by atoms with Gasteiger partial charge in [-0.1, -0.05) is 0 Å². The molecule has 0 radical (unpaired) electrons. The Morgan fingerprint density at radius 1 is 1.67 bits per heavy atom. The third kappa shape index (κ3) is 2.31. The summed E-state index contributed by atoms with van der Waals surface area (Å²) in [4.78, 5) is 13.4. The highest BCUT2D eigenvalue weighted by Gasteiger charge is 2.16. The van der Waals surface area contributed by atoms with Crippen molar-refractivity contribution in [2.75, 3.05) is 7.11 Å². The predicted octanol–water partition coefficient (Wildman–Crippen LogP) is 1.39. The molecule has 1 aromatic rings. The lowest BCUT2D eigenvalue weighted by Crippen LogP contribution is -2.15. The Morgan fingerprint density at radius 3 is 2.80 bits per heavy atom. The highest BCUT2D eigenvalue weighted by atomic mass is 19.3. The smallest absolute Gasteiger partial charge is 0.268 e. The first kappa shape index (κ1) is 11.2. The van der Waals surface area contributed by atoms with Gasteiger partial charge < -0.3 is 4.74 Å². The lowest BCUT2D eigenvalue weighted by Gasteiger charge is -2.07. The van der Waals surface area contributed by atoms with Gasteiger partial charge in [-0.05, 0) is 6.07 Å². The number of ether oxygens (including phenoxy) is 1. The van der Waals surface area contributed by atoms with Crippen LogP contribution < -0.4 is 10.3 Å². The number of methoxy groups -OCH3 is 1. The van der Waals surface area contributed by atoms with Crippen LogP contribution in [0.4, 0.5) is 8.78 Å². The number of H-pyrrole nitrogens is 1. The van der Waals surface area contributed by atoms with Gasteiger partial charge in [-0.25, -0.2) is 8.78 Å². The number of hydrogen-bond acceptors (Lipinski definition) is 3. The third-order valence-corrected chi connectivity index (χ3v) is 1.82. The molecule has 15 heavy (non-hydrogen) atoms. The monoisotopic (exact) mass is 214 g/mol. The zero-order valence-electron chi connectivity index (χ0n) is 7.88. The second-order valence-corrected chi connectivity index (χ2v) is 2.75. The number of pyridine rings is 1. The maximum atomic E-state index is 12.5. The fourth-order valence-corrected chi connectivity index (χ4v) is 1.12. The molecule has 0 aromatic carbocycles. The van der Waals surface area contributed by atoms with E-state index in [1.807, 2.05) is 0 Å². The average molecular weight is 214 g/mol. The van der Waals surface area contributed by atoms with Crippen LogP contribution in [0, 0.1) is 11.3 Å². The van der Waals surface area contributed by atoms with Crippen molar-refractivity contribution in [3.05, 3.63) is 27.5 Å². The lowest BCUT2D eigenvalue weighted by atomic mass is 10.1. The molecule has 0 saturated heterocycles. The number of aromatic nitrogens is 1. The average Bonchev–Trinajstić information content (AvgIpc) is 2.20. The molecule has 1 N–H and O–H groups in total. The molecule has 0 aliphatic carbocycles. The summed E-state index contributed by atoms with van der Waals surface area (Å²) >= 11 is 0. The molecule has 4 nitrogen and oxygen atoms in total. The van der Waals surface area contributed by atoms with Crippen LogP contribution in [-0.4, -0.2) is 12.1 Å². The summed E-state index contributed by atoms with van der Waals surface area (Å²) in [6.45, 7) is 0. The Labute approximate surface area is 84.1 Å². The SMILES string of the molecule is COc1[nH]c(=O)c(CC#N)cc1C(F)F. The van der Waals surface area contributed by atoms with Gasteiger partial charge in [0.2, 0.25) is 5.88 Å². The van der Waals surface area contributed by atoms with E-state index in [0.29, 0.717) is 0 Å². The van der Waals surface area contributed by atoms with Gasteiger partial charge in [-0.2, -0.15) is 5.26 Å². The number of nitrogens with one attached hydrogen (secondary N) is 1. The van der Waals surface area contributed by atoms with Crippen molar-refractivity contribution in [3.63, 3.8) is 0 Å². The molecule has 80 valence electrons. The number of rotatable bonds is 3. The molecule has 6 heteroatoms. The van der Waals surface area contributed by atoms with Gasteiger partial charge in [-0.15, -0.1) is 0 Å². The van der Waals surface area contributed by atoms with E-state index in [9.17, 15) is 13.6 Å². The van der Waals surface area contributed by atoms with Gasteiger partial charge in [0.15, 0.2) is 0 Å². The van der Waals surface area contributed by atoms with E-state index in [1.54, 1.807) is 6.07 Å². The van der Waals surface area contributed by atoms with E-state index >= 15 is 0 Å². The minimum atomic E-state index is -2.76. The molecule has 0 amide bonds. The molecular formula is C9H8F2N2O2. The van der Waals surface area contributed by atoms with Crippen LogP contribution in [0.25, 0.3) is 0 Å². The lowest BCUT2D eigenvalue weighted by molar-refractivity contribution is 0.146. The van der Waals surface area contributed by atoms with Crippen molar-refractivity contribution >= 4 is 0 Å². The third-order valence-electron chi connectivity index (χ3n) is 1.82. The largest absolute Gasteiger partial charge is 0.482 e. The van der Waals surface area contributed by atoms with Crippen LogP contribution in [0.5, 0.6) is 5.88 Å². The minimum Gasteiger partial charge on any atom is -0.482 e. The van der Waals surface area contributed by atoms with Gasteiger partial charge in [0.25, 0.3) is 12.0 Å². The first-order chi connectivity index (χ1) is 7.10. The van der Waals surface area contributed by atoms with Crippen LogP contribution in [0.15, 0.2) is 10.9 Å². The highest BCUT2D eigenvalue weighted by molar-refractivity contribution is 5.32. The van der Waals surface area contributed by atoms with Crippen molar-refractivity contribution in [2.45, 2.75) is 12.8 Å². The van der Waals surface area contributed by atoms with Crippen molar-refractivity contribution < 1.29 is 13.5 Å². The molecule has 0 atom stereocenters. The van der Waals surface area contributed by atoms with Crippen LogP contribution in [0.3, 0.4) is 0 Å². The molecule has 0 bridgehead atoms. The summed E-state index contributed by atoms with van der Waals surface area (Å²) in [5, 5.41) is 8.38. The molecule has 1 heterocycles. The quantitative estimate of drug-likeness (QED) is 0.826. The van der Waals surface area contributed by atoms with Gasteiger partial charge in [-0.3, -0.25) is 9.78 Å². The summed E-state index contributed by atoms with van der Waals surface area (Å²) in [5.74, 6) is -0.267. The zero-order chi connectivity index (χ0) is 11.4. The summed E-state index contributed by atoms with van der Waals surface area (Å²) in [6, 6.07) is 2.71. The van der Waals surface area contributed by atoms with Crippen molar-refractivity contribution in [1.82, 2.24) is 4.98 Å². The molecule has 0 unspecified atom stereocenters. The summed E-state index contributed by atoms with van der Waals surface area (Å²) in [5.41, 5.74) is -0.992. The molecule has 1 rings (SSSR count). The number of alkyl halides is 2. The summed E-state index contributed by atoms with van der Waals surface area (Å²) < 4.78 is 29.6. The van der Waals surface area contributed by atoms with Crippen LogP contribution in [-0.2, 0) is 6.42 Å². The van der Waals surface area contributed by atoms with E-state index in [-0.39, 0.29) is 17.9 Å². The Balaban J connectivity index is 3.32. The molecule has 0 saturated carbocycles. The van der Waals surface area contributed by atoms with E-state index in [2.05, 4.69) is 9.72 Å². The number of halogens is 2. The fourth-order valence-electron chi connectivity index (χ4n) is 1.12. The number of hydrogen-bond donors (Lipinski definition) is 1. The number of nitrogens with zero attached hydrogens (tertiary/aromatic N) is 1.